The molecule has 0 fully saturated rings. The van der Waals surface area contributed by atoms with Gasteiger partial charge in [0.2, 0.25) is 0 Å². The normalized spacial score (nSPS) is 9.14. The van der Waals surface area contributed by atoms with Gasteiger partial charge in [0.1, 0.15) is 0 Å². The number of nitrogens with one attached hydrogen (secondary N) is 1. The van der Waals surface area contributed by atoms with Gasteiger partial charge in [-0.25, -0.2) is 0 Å². The minimum atomic E-state index is -0.968. The zero-order valence-electron chi connectivity index (χ0n) is 8.49. The molecule has 0 saturated heterocycles. The Labute approximate surface area is 83.1 Å². The molecule has 0 radical (unpaired) electrons. The Morgan fingerprint density at radius 3 is 1.93 bits per heavy atom. The maximum absolute atomic E-state index is 9.92. The molecular formula is C8H18N2O4. The van der Waals surface area contributed by atoms with Crippen molar-refractivity contribution in [2.75, 3.05) is 19.6 Å². The molecule has 0 aromatic rings. The molecule has 84 valence electrons. The SMILES string of the molecule is CC(C)CNCC(=O)O.NCC(=O)O. The van der Waals surface area contributed by atoms with Gasteiger partial charge < -0.3 is 21.3 Å². The third-order valence-electron chi connectivity index (χ3n) is 1.00. The minimum absolute atomic E-state index is 0.0676. The van der Waals surface area contributed by atoms with E-state index in [1.54, 1.807) is 0 Å². The molecular weight excluding hydrogens is 188 g/mol. The van der Waals surface area contributed by atoms with E-state index in [9.17, 15) is 9.59 Å². The van der Waals surface area contributed by atoms with Crippen molar-refractivity contribution in [1.29, 1.82) is 0 Å². The lowest BCUT2D eigenvalue weighted by Crippen LogP contribution is -2.26. The average molecular weight is 206 g/mol. The summed E-state index contributed by atoms with van der Waals surface area (Å²) >= 11 is 0. The van der Waals surface area contributed by atoms with E-state index in [0.717, 1.165) is 6.54 Å². The lowest BCUT2D eigenvalue weighted by Gasteiger charge is -2.02. The van der Waals surface area contributed by atoms with Crippen LogP contribution < -0.4 is 11.1 Å². The summed E-state index contributed by atoms with van der Waals surface area (Å²) in [5, 5.41) is 18.5. The zero-order valence-corrected chi connectivity index (χ0v) is 8.49. The summed E-state index contributed by atoms with van der Waals surface area (Å²) in [6.45, 7) is 4.63. The molecule has 0 atom stereocenters. The van der Waals surface area contributed by atoms with E-state index >= 15 is 0 Å². The molecule has 6 nitrogen and oxygen atoms in total. The van der Waals surface area contributed by atoms with Crippen LogP contribution in [-0.2, 0) is 9.59 Å². The molecule has 14 heavy (non-hydrogen) atoms. The summed E-state index contributed by atoms with van der Waals surface area (Å²) in [4.78, 5) is 19.2. The molecule has 0 unspecified atom stereocenters. The summed E-state index contributed by atoms with van der Waals surface area (Å²) < 4.78 is 0. The molecule has 0 saturated carbocycles. The van der Waals surface area contributed by atoms with Crippen LogP contribution in [0.2, 0.25) is 0 Å². The highest BCUT2D eigenvalue weighted by molar-refractivity contribution is 5.69. The Bertz CT molecular complexity index is 171. The lowest BCUT2D eigenvalue weighted by atomic mass is 10.2. The molecule has 0 aromatic carbocycles. The smallest absolute Gasteiger partial charge is 0.317 e. The highest BCUT2D eigenvalue weighted by Gasteiger charge is 1.95. The standard InChI is InChI=1S/C6H13NO2.C2H5NO2/c1-5(2)3-7-4-6(8)9;3-1-2(4)5/h5,7H,3-4H2,1-2H3,(H,8,9);1,3H2,(H,4,5). The monoisotopic (exact) mass is 206 g/mol. The minimum Gasteiger partial charge on any atom is -0.480 e. The van der Waals surface area contributed by atoms with Crippen LogP contribution in [0, 0.1) is 5.92 Å². The topological polar surface area (TPSA) is 113 Å². The molecule has 0 rings (SSSR count). The van der Waals surface area contributed by atoms with Gasteiger partial charge in [-0.3, -0.25) is 9.59 Å². The summed E-state index contributed by atoms with van der Waals surface area (Å²) in [6, 6.07) is 0. The number of nitrogens with two attached hydrogens (primary N) is 1. The van der Waals surface area contributed by atoms with Crippen molar-refractivity contribution in [3.05, 3.63) is 0 Å². The van der Waals surface area contributed by atoms with Crippen molar-refractivity contribution in [2.45, 2.75) is 13.8 Å². The van der Waals surface area contributed by atoms with Crippen LogP contribution in [0.5, 0.6) is 0 Å². The first-order valence-corrected chi connectivity index (χ1v) is 4.24. The fourth-order valence-electron chi connectivity index (χ4n) is 0.468. The predicted octanol–water partition coefficient (Wildman–Crippen LogP) is -0.654. The summed E-state index contributed by atoms with van der Waals surface area (Å²) in [5.74, 6) is -1.25. The lowest BCUT2D eigenvalue weighted by molar-refractivity contribution is -0.136. The molecule has 0 aromatic heterocycles. The van der Waals surface area contributed by atoms with E-state index in [4.69, 9.17) is 10.2 Å². The molecule has 0 heterocycles. The van der Waals surface area contributed by atoms with Crippen molar-refractivity contribution in [3.8, 4) is 0 Å². The maximum Gasteiger partial charge on any atom is 0.317 e. The van der Waals surface area contributed by atoms with E-state index in [1.165, 1.54) is 0 Å². The van der Waals surface area contributed by atoms with Gasteiger partial charge in [-0.1, -0.05) is 13.8 Å². The first-order valence-electron chi connectivity index (χ1n) is 4.24. The van der Waals surface area contributed by atoms with Gasteiger partial charge in [-0.15, -0.1) is 0 Å². The van der Waals surface area contributed by atoms with Gasteiger partial charge in [0.25, 0.3) is 0 Å². The van der Waals surface area contributed by atoms with Crippen LogP contribution in [0.3, 0.4) is 0 Å². The van der Waals surface area contributed by atoms with Crippen molar-refractivity contribution in [3.63, 3.8) is 0 Å². The highest BCUT2D eigenvalue weighted by Crippen LogP contribution is 1.85. The van der Waals surface area contributed by atoms with Gasteiger partial charge >= 0.3 is 11.9 Å². The van der Waals surface area contributed by atoms with Gasteiger partial charge in [-0.2, -0.15) is 0 Å². The van der Waals surface area contributed by atoms with E-state index in [-0.39, 0.29) is 13.1 Å². The first kappa shape index (κ1) is 15.3. The van der Waals surface area contributed by atoms with E-state index in [2.05, 4.69) is 11.1 Å². The van der Waals surface area contributed by atoms with Gasteiger partial charge in [0, 0.05) is 0 Å². The van der Waals surface area contributed by atoms with Crippen LogP contribution in [0.4, 0.5) is 0 Å². The molecule has 0 aliphatic rings. The van der Waals surface area contributed by atoms with Crippen molar-refractivity contribution in [2.24, 2.45) is 11.7 Å². The van der Waals surface area contributed by atoms with Gasteiger partial charge in [-0.05, 0) is 12.5 Å². The molecule has 0 spiro atoms. The number of carboxylic acid groups (broad SMARTS) is 2. The molecule has 0 bridgehead atoms. The van der Waals surface area contributed by atoms with Crippen LogP contribution in [0.25, 0.3) is 0 Å². The highest BCUT2D eigenvalue weighted by atomic mass is 16.4. The van der Waals surface area contributed by atoms with Crippen LogP contribution in [0.1, 0.15) is 13.8 Å². The van der Waals surface area contributed by atoms with Gasteiger partial charge in [0.05, 0.1) is 13.1 Å². The van der Waals surface area contributed by atoms with E-state index < -0.39 is 11.9 Å². The molecule has 5 N–H and O–H groups in total. The Morgan fingerprint density at radius 2 is 1.71 bits per heavy atom. The van der Waals surface area contributed by atoms with Crippen LogP contribution in [-0.4, -0.2) is 41.8 Å². The number of rotatable bonds is 5. The number of carbonyl (C=O) groups is 2. The van der Waals surface area contributed by atoms with Gasteiger partial charge in [0.15, 0.2) is 0 Å². The molecule has 0 amide bonds. The number of carboxylic acids is 2. The second-order valence-corrected chi connectivity index (χ2v) is 3.02. The van der Waals surface area contributed by atoms with Crippen LogP contribution >= 0.6 is 0 Å². The van der Waals surface area contributed by atoms with Crippen LogP contribution in [0.15, 0.2) is 0 Å². The third-order valence-corrected chi connectivity index (χ3v) is 1.00. The second-order valence-electron chi connectivity index (χ2n) is 3.02. The predicted molar refractivity (Wildman–Crippen MR) is 52.0 cm³/mol. The molecule has 6 heteroatoms. The fraction of sp³-hybridized carbons (Fsp3) is 0.750. The Balaban J connectivity index is 0. The Kier molecular flexibility index (Phi) is 10.9. The molecule has 0 aliphatic heterocycles. The Hall–Kier alpha value is -1.14. The number of hydrogen-bond donors (Lipinski definition) is 4. The Morgan fingerprint density at radius 1 is 1.29 bits per heavy atom. The summed E-state index contributed by atoms with van der Waals surface area (Å²) in [6.07, 6.45) is 0. The first-order chi connectivity index (χ1) is 6.40. The maximum atomic E-state index is 9.92. The second kappa shape index (κ2) is 9.94. The van der Waals surface area contributed by atoms with E-state index in [0.29, 0.717) is 5.92 Å². The molecule has 0 aliphatic carbocycles. The summed E-state index contributed by atoms with van der Waals surface area (Å²) in [7, 11) is 0. The fourth-order valence-corrected chi connectivity index (χ4v) is 0.468. The largest absolute Gasteiger partial charge is 0.480 e. The number of aliphatic carboxylic acids is 2. The zero-order chi connectivity index (χ0) is 11.6. The van der Waals surface area contributed by atoms with Crippen molar-refractivity contribution < 1.29 is 19.8 Å². The quantitative estimate of drug-likeness (QED) is 0.475. The number of hydrogen-bond acceptors (Lipinski definition) is 4. The average Bonchev–Trinajstić information content (AvgIpc) is 2.04. The third kappa shape index (κ3) is 22.4. The van der Waals surface area contributed by atoms with E-state index in [1.807, 2.05) is 13.8 Å². The summed E-state index contributed by atoms with van der Waals surface area (Å²) in [5.41, 5.74) is 4.57. The van der Waals surface area contributed by atoms with Crippen molar-refractivity contribution in [1.82, 2.24) is 5.32 Å². The van der Waals surface area contributed by atoms with Crippen molar-refractivity contribution >= 4 is 11.9 Å².